The first-order chi connectivity index (χ1) is 7.20. The number of Topliss-reactive ketones (excluding diaryl/α,β-unsaturated/α-hetero) is 1. The van der Waals surface area contributed by atoms with Gasteiger partial charge >= 0.3 is 5.97 Å². The van der Waals surface area contributed by atoms with E-state index in [4.69, 9.17) is 5.73 Å². The zero-order valence-corrected chi connectivity index (χ0v) is 8.99. The van der Waals surface area contributed by atoms with Crippen LogP contribution in [0.3, 0.4) is 0 Å². The maximum atomic E-state index is 11.6. The molecule has 0 radical (unpaired) electrons. The quantitative estimate of drug-likeness (QED) is 0.478. The minimum absolute atomic E-state index is 0.0785. The number of hydrogen-bond acceptors (Lipinski definition) is 5. The number of methoxy groups -OCH3 is 1. The number of carbonyl (C=O) groups is 2. The Labute approximate surface area is 89.3 Å². The normalized spacial score (nSPS) is 19.6. The average molecular weight is 214 g/mol. The number of ether oxygens (including phenoxy) is 1. The van der Waals surface area contributed by atoms with Crippen LogP contribution in [-0.4, -0.2) is 38.5 Å². The third-order valence-corrected chi connectivity index (χ3v) is 2.86. The molecule has 0 amide bonds. The molecule has 0 spiro atoms. The highest BCUT2D eigenvalue weighted by molar-refractivity contribution is 6.00. The van der Waals surface area contributed by atoms with Gasteiger partial charge in [-0.15, -0.1) is 0 Å². The zero-order chi connectivity index (χ0) is 11.3. The standard InChI is InChI=1S/C10H18N2O3/c1-15-10(14)9(8(13)6-11)7-2-4-12-5-3-7/h7,9,12H,2-6,11H2,1H3. The number of rotatable bonds is 4. The van der Waals surface area contributed by atoms with Gasteiger partial charge in [-0.2, -0.15) is 0 Å². The van der Waals surface area contributed by atoms with Crippen molar-refractivity contribution < 1.29 is 14.3 Å². The molecule has 1 fully saturated rings. The predicted molar refractivity (Wildman–Crippen MR) is 55.2 cm³/mol. The Balaban J connectivity index is 2.69. The molecule has 1 rings (SSSR count). The van der Waals surface area contributed by atoms with Crippen molar-refractivity contribution in [1.29, 1.82) is 0 Å². The molecule has 0 aromatic rings. The van der Waals surface area contributed by atoms with Crippen LogP contribution < -0.4 is 11.1 Å². The van der Waals surface area contributed by atoms with Gasteiger partial charge in [-0.05, 0) is 31.8 Å². The van der Waals surface area contributed by atoms with E-state index in [1.807, 2.05) is 0 Å². The van der Waals surface area contributed by atoms with Crippen molar-refractivity contribution >= 4 is 11.8 Å². The second-order valence-electron chi connectivity index (χ2n) is 3.76. The van der Waals surface area contributed by atoms with Gasteiger partial charge in [-0.1, -0.05) is 0 Å². The van der Waals surface area contributed by atoms with E-state index >= 15 is 0 Å². The van der Waals surface area contributed by atoms with Gasteiger partial charge in [-0.25, -0.2) is 0 Å². The topological polar surface area (TPSA) is 81.4 Å². The summed E-state index contributed by atoms with van der Waals surface area (Å²) in [6.45, 7) is 1.59. The van der Waals surface area contributed by atoms with Gasteiger partial charge in [0.2, 0.25) is 0 Å². The van der Waals surface area contributed by atoms with Crippen molar-refractivity contribution in [2.75, 3.05) is 26.7 Å². The van der Waals surface area contributed by atoms with Gasteiger partial charge in [0.15, 0.2) is 5.78 Å². The molecule has 0 saturated carbocycles. The fourth-order valence-corrected chi connectivity index (χ4v) is 2.02. The molecule has 86 valence electrons. The number of esters is 1. The molecule has 0 aliphatic carbocycles. The second-order valence-corrected chi connectivity index (χ2v) is 3.76. The molecule has 1 heterocycles. The summed E-state index contributed by atoms with van der Waals surface area (Å²) in [4.78, 5) is 23.1. The zero-order valence-electron chi connectivity index (χ0n) is 8.99. The van der Waals surface area contributed by atoms with Gasteiger partial charge in [0.25, 0.3) is 0 Å². The van der Waals surface area contributed by atoms with E-state index in [9.17, 15) is 9.59 Å². The molecule has 1 aliphatic rings. The number of hydrogen-bond donors (Lipinski definition) is 2. The molecule has 5 heteroatoms. The van der Waals surface area contributed by atoms with E-state index in [-0.39, 0.29) is 18.2 Å². The maximum absolute atomic E-state index is 11.6. The van der Waals surface area contributed by atoms with E-state index in [0.29, 0.717) is 0 Å². The van der Waals surface area contributed by atoms with Gasteiger partial charge in [-0.3, -0.25) is 9.59 Å². The molecule has 0 aromatic carbocycles. The van der Waals surface area contributed by atoms with Crippen LogP contribution in [0.5, 0.6) is 0 Å². The lowest BCUT2D eigenvalue weighted by Crippen LogP contribution is -2.41. The van der Waals surface area contributed by atoms with Crippen LogP contribution in [0.2, 0.25) is 0 Å². The van der Waals surface area contributed by atoms with Crippen molar-refractivity contribution in [2.24, 2.45) is 17.6 Å². The van der Waals surface area contributed by atoms with Crippen LogP contribution >= 0.6 is 0 Å². The summed E-state index contributed by atoms with van der Waals surface area (Å²) in [6.07, 6.45) is 1.65. The molecule has 1 saturated heterocycles. The summed E-state index contributed by atoms with van der Waals surface area (Å²) in [5.41, 5.74) is 5.30. The Kier molecular flexibility index (Phi) is 4.71. The Morgan fingerprint density at radius 3 is 2.53 bits per heavy atom. The summed E-state index contributed by atoms with van der Waals surface area (Å²) >= 11 is 0. The average Bonchev–Trinajstić information content (AvgIpc) is 2.30. The summed E-state index contributed by atoms with van der Waals surface area (Å²) in [5.74, 6) is -1.25. The number of carbonyl (C=O) groups excluding carboxylic acids is 2. The van der Waals surface area contributed by atoms with Crippen molar-refractivity contribution in [3.63, 3.8) is 0 Å². The predicted octanol–water partition coefficient (Wildman–Crippen LogP) is -0.697. The maximum Gasteiger partial charge on any atom is 0.316 e. The van der Waals surface area contributed by atoms with Crippen LogP contribution in [0.4, 0.5) is 0 Å². The molecule has 0 bridgehead atoms. The van der Waals surface area contributed by atoms with E-state index in [1.165, 1.54) is 7.11 Å². The van der Waals surface area contributed by atoms with Crippen molar-refractivity contribution in [3.8, 4) is 0 Å². The van der Waals surface area contributed by atoms with Crippen molar-refractivity contribution in [2.45, 2.75) is 12.8 Å². The Morgan fingerprint density at radius 2 is 2.07 bits per heavy atom. The minimum Gasteiger partial charge on any atom is -0.468 e. The van der Waals surface area contributed by atoms with Crippen molar-refractivity contribution in [1.82, 2.24) is 5.32 Å². The lowest BCUT2D eigenvalue weighted by molar-refractivity contribution is -0.151. The monoisotopic (exact) mass is 214 g/mol. The summed E-state index contributed by atoms with van der Waals surface area (Å²) in [6, 6.07) is 0. The van der Waals surface area contributed by atoms with Gasteiger partial charge in [0.05, 0.1) is 13.7 Å². The second kappa shape index (κ2) is 5.82. The molecule has 15 heavy (non-hydrogen) atoms. The fraction of sp³-hybridized carbons (Fsp3) is 0.800. The minimum atomic E-state index is -0.665. The highest BCUT2D eigenvalue weighted by atomic mass is 16.5. The van der Waals surface area contributed by atoms with Crippen LogP contribution in [0.1, 0.15) is 12.8 Å². The van der Waals surface area contributed by atoms with E-state index < -0.39 is 11.9 Å². The van der Waals surface area contributed by atoms with Crippen molar-refractivity contribution in [3.05, 3.63) is 0 Å². The highest BCUT2D eigenvalue weighted by Gasteiger charge is 2.35. The number of piperidine rings is 1. The van der Waals surface area contributed by atoms with Crippen LogP contribution in [0.15, 0.2) is 0 Å². The van der Waals surface area contributed by atoms with Gasteiger partial charge < -0.3 is 15.8 Å². The van der Waals surface area contributed by atoms with Crippen LogP contribution in [0, 0.1) is 11.8 Å². The van der Waals surface area contributed by atoms with Crippen LogP contribution in [0.25, 0.3) is 0 Å². The van der Waals surface area contributed by atoms with Gasteiger partial charge in [0.1, 0.15) is 5.92 Å². The van der Waals surface area contributed by atoms with Crippen LogP contribution in [-0.2, 0) is 14.3 Å². The van der Waals surface area contributed by atoms with E-state index in [1.54, 1.807) is 0 Å². The first-order valence-electron chi connectivity index (χ1n) is 5.22. The number of nitrogens with one attached hydrogen (secondary N) is 1. The summed E-state index contributed by atoms with van der Waals surface area (Å²) in [7, 11) is 1.31. The van der Waals surface area contributed by atoms with E-state index in [0.717, 1.165) is 25.9 Å². The highest BCUT2D eigenvalue weighted by Crippen LogP contribution is 2.23. The number of ketones is 1. The molecule has 1 unspecified atom stereocenters. The molecular weight excluding hydrogens is 196 g/mol. The number of nitrogens with two attached hydrogens (primary N) is 1. The molecule has 3 N–H and O–H groups in total. The smallest absolute Gasteiger partial charge is 0.316 e. The first kappa shape index (κ1) is 12.1. The SMILES string of the molecule is COC(=O)C(C(=O)CN)C1CCNCC1. The lowest BCUT2D eigenvalue weighted by Gasteiger charge is -2.27. The Hall–Kier alpha value is -0.940. The van der Waals surface area contributed by atoms with E-state index in [2.05, 4.69) is 10.1 Å². The molecular formula is C10H18N2O3. The largest absolute Gasteiger partial charge is 0.468 e. The third-order valence-electron chi connectivity index (χ3n) is 2.86. The van der Waals surface area contributed by atoms with Gasteiger partial charge in [0, 0.05) is 0 Å². The molecule has 1 atom stereocenters. The lowest BCUT2D eigenvalue weighted by atomic mass is 9.82. The fourth-order valence-electron chi connectivity index (χ4n) is 2.02. The Morgan fingerprint density at radius 1 is 1.47 bits per heavy atom. The first-order valence-corrected chi connectivity index (χ1v) is 5.22. The summed E-state index contributed by atoms with van der Waals surface area (Å²) in [5, 5.41) is 3.19. The summed E-state index contributed by atoms with van der Waals surface area (Å²) < 4.78 is 4.65. The Bertz CT molecular complexity index is 221. The molecule has 0 aromatic heterocycles. The molecule has 5 nitrogen and oxygen atoms in total. The third kappa shape index (κ3) is 3.00. The molecule has 1 aliphatic heterocycles.